The van der Waals surface area contributed by atoms with E-state index in [9.17, 15) is 14.4 Å². The van der Waals surface area contributed by atoms with Crippen molar-refractivity contribution in [3.05, 3.63) is 35.0 Å². The number of carbonyl (C=O) groups is 3. The van der Waals surface area contributed by atoms with Gasteiger partial charge in [0.15, 0.2) is 11.5 Å². The summed E-state index contributed by atoms with van der Waals surface area (Å²) in [5.74, 6) is 0.627. The van der Waals surface area contributed by atoms with E-state index in [0.717, 1.165) is 0 Å². The van der Waals surface area contributed by atoms with Crippen molar-refractivity contribution in [3.63, 3.8) is 0 Å². The van der Waals surface area contributed by atoms with Gasteiger partial charge in [-0.1, -0.05) is 6.07 Å². The van der Waals surface area contributed by atoms with Crippen LogP contribution in [0.2, 0.25) is 0 Å². The molecule has 1 aromatic rings. The summed E-state index contributed by atoms with van der Waals surface area (Å²) < 4.78 is 16.4. The zero-order chi connectivity index (χ0) is 24.0. The summed E-state index contributed by atoms with van der Waals surface area (Å²) in [6, 6.07) is 4.19. The highest BCUT2D eigenvalue weighted by atomic mass is 16.5. The molecule has 10 heteroatoms. The summed E-state index contributed by atoms with van der Waals surface area (Å²) in [5.41, 5.74) is 1.51. The molecule has 0 aromatic heterocycles. The molecule has 1 aromatic carbocycles. The van der Waals surface area contributed by atoms with Crippen molar-refractivity contribution in [1.82, 2.24) is 20.4 Å². The molecule has 0 radical (unpaired) electrons. The minimum Gasteiger partial charge on any atom is -0.493 e. The molecule has 0 spiro atoms. The first kappa shape index (κ1) is 24.4. The van der Waals surface area contributed by atoms with E-state index in [1.165, 1.54) is 7.11 Å². The molecule has 10 nitrogen and oxygen atoms in total. The number of benzene rings is 1. The van der Waals surface area contributed by atoms with Crippen molar-refractivity contribution < 1.29 is 28.6 Å². The monoisotopic (exact) mass is 460 g/mol. The van der Waals surface area contributed by atoms with Gasteiger partial charge in [-0.3, -0.25) is 9.69 Å². The third-order valence-corrected chi connectivity index (χ3v) is 5.67. The first-order valence-corrected chi connectivity index (χ1v) is 11.1. The number of nitrogens with one attached hydrogen (secondary N) is 2. The molecule has 1 atom stereocenters. The highest BCUT2D eigenvalue weighted by Crippen LogP contribution is 2.34. The number of nitrogens with zero attached hydrogens (tertiary/aromatic N) is 2. The van der Waals surface area contributed by atoms with Crippen LogP contribution in [0.15, 0.2) is 29.5 Å². The second-order valence-electron chi connectivity index (χ2n) is 7.77. The van der Waals surface area contributed by atoms with E-state index in [0.29, 0.717) is 67.7 Å². The Bertz CT molecular complexity index is 924. The van der Waals surface area contributed by atoms with Crippen LogP contribution >= 0.6 is 0 Å². The Morgan fingerprint density at radius 2 is 1.82 bits per heavy atom. The molecule has 180 valence electrons. The van der Waals surface area contributed by atoms with Crippen LogP contribution in [0.4, 0.5) is 4.79 Å². The lowest BCUT2D eigenvalue weighted by atomic mass is 9.94. The quantitative estimate of drug-likeness (QED) is 0.565. The number of urea groups is 1. The van der Waals surface area contributed by atoms with Crippen molar-refractivity contribution in [3.8, 4) is 11.5 Å². The predicted octanol–water partition coefficient (Wildman–Crippen LogP) is 1.43. The Labute approximate surface area is 193 Å². The van der Waals surface area contributed by atoms with Crippen molar-refractivity contribution in [2.45, 2.75) is 26.8 Å². The molecule has 3 rings (SSSR count). The smallest absolute Gasteiger partial charge is 0.338 e. The molecule has 2 aliphatic rings. The largest absolute Gasteiger partial charge is 0.493 e. The van der Waals surface area contributed by atoms with Gasteiger partial charge in [-0.2, -0.15) is 0 Å². The summed E-state index contributed by atoms with van der Waals surface area (Å²) in [6.07, 6.45) is 0. The second kappa shape index (κ2) is 11.0. The maximum Gasteiger partial charge on any atom is 0.338 e. The fraction of sp³-hybridized carbons (Fsp3) is 0.522. The van der Waals surface area contributed by atoms with Gasteiger partial charge in [0.05, 0.1) is 31.9 Å². The van der Waals surface area contributed by atoms with Gasteiger partial charge in [0.25, 0.3) is 0 Å². The van der Waals surface area contributed by atoms with Crippen molar-refractivity contribution >= 4 is 17.9 Å². The molecular weight excluding hydrogens is 428 g/mol. The second-order valence-corrected chi connectivity index (χ2v) is 7.77. The molecule has 1 saturated heterocycles. The Balaban J connectivity index is 1.94. The summed E-state index contributed by atoms with van der Waals surface area (Å²) in [6.45, 7) is 8.71. The lowest BCUT2D eigenvalue weighted by Crippen LogP contribution is -2.52. The standard InChI is InChI=1S/C23H32N4O6/c1-5-32-18-8-7-16(13-19(18)31-4)21-20(22(29)33-6-2)17(24-23(30)25-21)14-26-9-11-27(12-10-26)15(3)28/h7-8,13,21H,5-6,9-12,14H2,1-4H3,(H2,24,25,30)/t21-/m0/s1. The summed E-state index contributed by atoms with van der Waals surface area (Å²) in [4.78, 5) is 41.1. The highest BCUT2D eigenvalue weighted by Gasteiger charge is 2.35. The highest BCUT2D eigenvalue weighted by molar-refractivity contribution is 5.95. The van der Waals surface area contributed by atoms with Crippen LogP contribution in [0.3, 0.4) is 0 Å². The average molecular weight is 461 g/mol. The zero-order valence-corrected chi connectivity index (χ0v) is 19.6. The minimum absolute atomic E-state index is 0.0424. The van der Waals surface area contributed by atoms with Crippen LogP contribution in [0, 0.1) is 0 Å². The van der Waals surface area contributed by atoms with Crippen LogP contribution in [0.25, 0.3) is 0 Å². The molecule has 1 fully saturated rings. The number of piperazine rings is 1. The topological polar surface area (TPSA) is 109 Å². The van der Waals surface area contributed by atoms with E-state index >= 15 is 0 Å². The Kier molecular flexibility index (Phi) is 8.16. The predicted molar refractivity (Wildman–Crippen MR) is 121 cm³/mol. The molecule has 0 saturated carbocycles. The van der Waals surface area contributed by atoms with Crippen molar-refractivity contribution in [1.29, 1.82) is 0 Å². The van der Waals surface area contributed by atoms with E-state index in [1.54, 1.807) is 36.9 Å². The number of ether oxygens (including phenoxy) is 3. The maximum atomic E-state index is 13.0. The fourth-order valence-corrected chi connectivity index (χ4v) is 4.03. The number of amides is 3. The third-order valence-electron chi connectivity index (χ3n) is 5.67. The lowest BCUT2D eigenvalue weighted by molar-refractivity contribution is -0.139. The SMILES string of the molecule is CCOC(=O)C1=C(CN2CCN(C(C)=O)CC2)NC(=O)N[C@H]1c1ccc(OCC)c(OC)c1. The first-order valence-electron chi connectivity index (χ1n) is 11.1. The summed E-state index contributed by atoms with van der Waals surface area (Å²) >= 11 is 0. The maximum absolute atomic E-state index is 13.0. The number of hydrogen-bond acceptors (Lipinski definition) is 7. The molecule has 2 heterocycles. The van der Waals surface area contributed by atoms with Crippen LogP contribution in [-0.4, -0.2) is 80.8 Å². The zero-order valence-electron chi connectivity index (χ0n) is 19.6. The molecular formula is C23H32N4O6. The van der Waals surface area contributed by atoms with Gasteiger partial charge in [-0.05, 0) is 31.5 Å². The van der Waals surface area contributed by atoms with Gasteiger partial charge in [0.1, 0.15) is 0 Å². The summed E-state index contributed by atoms with van der Waals surface area (Å²) in [5, 5.41) is 5.64. The molecule has 2 aliphatic heterocycles. The van der Waals surface area contributed by atoms with Crippen LogP contribution in [0.5, 0.6) is 11.5 Å². The number of rotatable bonds is 8. The number of carbonyl (C=O) groups excluding carboxylic acids is 3. The van der Waals surface area contributed by atoms with E-state index in [4.69, 9.17) is 14.2 Å². The van der Waals surface area contributed by atoms with Crippen LogP contribution < -0.4 is 20.1 Å². The molecule has 3 amide bonds. The van der Waals surface area contributed by atoms with E-state index in [2.05, 4.69) is 15.5 Å². The number of methoxy groups -OCH3 is 1. The average Bonchev–Trinajstić information content (AvgIpc) is 2.79. The molecule has 0 bridgehead atoms. The van der Waals surface area contributed by atoms with E-state index in [1.807, 2.05) is 6.92 Å². The van der Waals surface area contributed by atoms with E-state index in [-0.39, 0.29) is 12.5 Å². The molecule has 0 aliphatic carbocycles. The molecule has 0 unspecified atom stereocenters. The fourth-order valence-electron chi connectivity index (χ4n) is 4.03. The van der Waals surface area contributed by atoms with Crippen molar-refractivity contribution in [2.75, 3.05) is 53.0 Å². The van der Waals surface area contributed by atoms with Gasteiger partial charge >= 0.3 is 12.0 Å². The first-order chi connectivity index (χ1) is 15.9. The Hall–Kier alpha value is -3.27. The van der Waals surface area contributed by atoms with Gasteiger partial charge in [0.2, 0.25) is 5.91 Å². The van der Waals surface area contributed by atoms with Gasteiger partial charge < -0.3 is 29.7 Å². The Morgan fingerprint density at radius 1 is 1.09 bits per heavy atom. The summed E-state index contributed by atoms with van der Waals surface area (Å²) in [7, 11) is 1.54. The van der Waals surface area contributed by atoms with Gasteiger partial charge in [-0.25, -0.2) is 9.59 Å². The number of hydrogen-bond donors (Lipinski definition) is 2. The normalized spacial score (nSPS) is 19.0. The van der Waals surface area contributed by atoms with E-state index < -0.39 is 18.0 Å². The third kappa shape index (κ3) is 5.75. The van der Waals surface area contributed by atoms with Gasteiger partial charge in [-0.15, -0.1) is 0 Å². The molecule has 2 N–H and O–H groups in total. The number of esters is 1. The van der Waals surface area contributed by atoms with Crippen molar-refractivity contribution in [2.24, 2.45) is 0 Å². The van der Waals surface area contributed by atoms with Crippen LogP contribution in [-0.2, 0) is 14.3 Å². The lowest BCUT2D eigenvalue weighted by Gasteiger charge is -2.36. The Morgan fingerprint density at radius 3 is 2.42 bits per heavy atom. The minimum atomic E-state index is -0.712. The molecule has 33 heavy (non-hydrogen) atoms. The van der Waals surface area contributed by atoms with Gasteiger partial charge in [0, 0.05) is 45.3 Å². The van der Waals surface area contributed by atoms with Crippen LogP contribution in [0.1, 0.15) is 32.4 Å².